The number of aliphatic hydroxyl groups excluding tert-OH is 1. The second-order valence-corrected chi connectivity index (χ2v) is 11.8. The number of nitrogens with one attached hydrogen (secondary N) is 2. The van der Waals surface area contributed by atoms with Crippen LogP contribution in [0.15, 0.2) is 48.5 Å². The summed E-state index contributed by atoms with van der Waals surface area (Å²) in [6.45, 7) is 7.24. The van der Waals surface area contributed by atoms with Crippen LogP contribution in [0.4, 0.5) is 13.6 Å². The molecule has 2 heterocycles. The van der Waals surface area contributed by atoms with E-state index >= 15 is 0 Å². The lowest BCUT2D eigenvalue weighted by molar-refractivity contribution is -0.137. The van der Waals surface area contributed by atoms with Gasteiger partial charge >= 0.3 is 6.03 Å². The van der Waals surface area contributed by atoms with Crippen LogP contribution in [-0.2, 0) is 22.6 Å². The number of aliphatic hydroxyl groups is 1. The molecular weight excluding hydrogens is 554 g/mol. The Morgan fingerprint density at radius 2 is 1.79 bits per heavy atom. The number of nitrogens with zero attached hydrogens (tertiary/aromatic N) is 2. The number of hydrogen-bond acceptors (Lipinski definition) is 5. The molecule has 0 spiro atoms. The van der Waals surface area contributed by atoms with Crippen molar-refractivity contribution in [2.24, 2.45) is 5.92 Å². The van der Waals surface area contributed by atoms with Crippen LogP contribution < -0.4 is 10.6 Å². The molecule has 0 unspecified atom stereocenters. The van der Waals surface area contributed by atoms with Crippen molar-refractivity contribution < 1.29 is 28.2 Å². The SMILES string of the molecule is CCCN(CCC)C(=O)[C@@H]1CCCN(C(=O)N[C@@H](Cc2cc(F)cc(F)c2)[C@H](O)[C@H]2C[C@@H](OCc3ccccc3)CN2)C1. The van der Waals surface area contributed by atoms with Crippen LogP contribution >= 0.6 is 0 Å². The van der Waals surface area contributed by atoms with E-state index in [0.717, 1.165) is 30.9 Å². The third kappa shape index (κ3) is 9.45. The monoisotopic (exact) mass is 600 g/mol. The lowest BCUT2D eigenvalue weighted by atomic mass is 9.94. The minimum absolute atomic E-state index is 0.0340. The van der Waals surface area contributed by atoms with Crippen LogP contribution in [0.1, 0.15) is 57.1 Å². The second kappa shape index (κ2) is 16.1. The fourth-order valence-corrected chi connectivity index (χ4v) is 6.17. The first-order chi connectivity index (χ1) is 20.8. The Kier molecular flexibility index (Phi) is 12.3. The fourth-order valence-electron chi connectivity index (χ4n) is 6.17. The third-order valence-corrected chi connectivity index (χ3v) is 8.32. The van der Waals surface area contributed by atoms with Crippen molar-refractivity contribution in [3.63, 3.8) is 0 Å². The van der Waals surface area contributed by atoms with E-state index in [-0.39, 0.29) is 24.3 Å². The lowest BCUT2D eigenvalue weighted by Gasteiger charge is -2.37. The molecule has 2 aliphatic rings. The van der Waals surface area contributed by atoms with Gasteiger partial charge in [-0.1, -0.05) is 44.2 Å². The van der Waals surface area contributed by atoms with E-state index in [1.807, 2.05) is 49.1 Å². The van der Waals surface area contributed by atoms with Gasteiger partial charge in [0.05, 0.1) is 30.8 Å². The molecule has 2 fully saturated rings. The van der Waals surface area contributed by atoms with Gasteiger partial charge in [-0.15, -0.1) is 0 Å². The van der Waals surface area contributed by atoms with Gasteiger partial charge in [0.1, 0.15) is 11.6 Å². The topological polar surface area (TPSA) is 94.1 Å². The van der Waals surface area contributed by atoms with Crippen molar-refractivity contribution in [1.29, 1.82) is 0 Å². The van der Waals surface area contributed by atoms with Gasteiger partial charge in [-0.05, 0) is 61.8 Å². The highest BCUT2D eigenvalue weighted by molar-refractivity contribution is 5.81. The van der Waals surface area contributed by atoms with E-state index in [1.54, 1.807) is 4.90 Å². The summed E-state index contributed by atoms with van der Waals surface area (Å²) in [6, 6.07) is 11.4. The van der Waals surface area contributed by atoms with E-state index in [1.165, 1.54) is 12.1 Å². The zero-order valence-electron chi connectivity index (χ0n) is 25.3. The predicted octanol–water partition coefficient (Wildman–Crippen LogP) is 4.25. The van der Waals surface area contributed by atoms with E-state index in [0.29, 0.717) is 57.7 Å². The van der Waals surface area contributed by atoms with E-state index in [4.69, 9.17) is 4.74 Å². The number of piperidine rings is 1. The highest BCUT2D eigenvalue weighted by Gasteiger charge is 2.37. The summed E-state index contributed by atoms with van der Waals surface area (Å²) in [4.78, 5) is 30.3. The minimum Gasteiger partial charge on any atom is -0.389 e. The molecular formula is C33H46F2N4O4. The van der Waals surface area contributed by atoms with E-state index in [2.05, 4.69) is 10.6 Å². The van der Waals surface area contributed by atoms with Crippen LogP contribution in [0.25, 0.3) is 0 Å². The first kappa shape index (κ1) is 32.8. The summed E-state index contributed by atoms with van der Waals surface area (Å²) in [7, 11) is 0. The first-order valence-corrected chi connectivity index (χ1v) is 15.6. The Balaban J connectivity index is 1.42. The summed E-state index contributed by atoms with van der Waals surface area (Å²) in [6.07, 6.45) is 2.53. The van der Waals surface area contributed by atoms with Crippen LogP contribution in [0, 0.1) is 17.6 Å². The fraction of sp³-hybridized carbons (Fsp3) is 0.576. The minimum atomic E-state index is -1.05. The number of ether oxygens (including phenoxy) is 1. The van der Waals surface area contributed by atoms with Gasteiger partial charge in [0.2, 0.25) is 5.91 Å². The van der Waals surface area contributed by atoms with Gasteiger partial charge in [0.15, 0.2) is 0 Å². The van der Waals surface area contributed by atoms with Crippen molar-refractivity contribution in [3.8, 4) is 0 Å². The standard InChI is InChI=1S/C33H46F2N4O4/c1-3-12-38(13-4-2)32(41)25-11-8-14-39(21-25)33(42)37-30(17-24-15-26(34)18-27(35)16-24)31(40)29-19-28(20-36-29)43-22-23-9-6-5-7-10-23/h5-7,9-10,15-16,18,25,28-31,36,40H,3-4,8,11-14,17,19-22H2,1-2H3,(H,37,42)/t25-,28-,29-,30+,31-/m1/s1. The maximum Gasteiger partial charge on any atom is 0.317 e. The molecule has 10 heteroatoms. The van der Waals surface area contributed by atoms with Gasteiger partial charge < -0.3 is 30.3 Å². The molecule has 0 radical (unpaired) electrons. The Bertz CT molecular complexity index is 1160. The molecule has 3 amide bonds. The molecule has 2 aromatic carbocycles. The molecule has 8 nitrogen and oxygen atoms in total. The van der Waals surface area contributed by atoms with Crippen LogP contribution in [0.2, 0.25) is 0 Å². The number of likely N-dealkylation sites (tertiary alicyclic amines) is 1. The number of carbonyl (C=O) groups excluding carboxylic acids is 2. The summed E-state index contributed by atoms with van der Waals surface area (Å²) in [5.41, 5.74) is 1.38. The molecule has 2 saturated heterocycles. The van der Waals surface area contributed by atoms with Crippen LogP contribution in [0.3, 0.4) is 0 Å². The molecule has 0 aliphatic carbocycles. The Morgan fingerprint density at radius 1 is 1.09 bits per heavy atom. The van der Waals surface area contributed by atoms with Crippen LogP contribution in [0.5, 0.6) is 0 Å². The molecule has 4 rings (SSSR count). The molecule has 0 saturated carbocycles. The summed E-state index contributed by atoms with van der Waals surface area (Å²) in [5, 5.41) is 17.7. The predicted molar refractivity (Wildman–Crippen MR) is 161 cm³/mol. The van der Waals surface area contributed by atoms with Gasteiger partial charge in [-0.3, -0.25) is 4.79 Å². The van der Waals surface area contributed by atoms with Gasteiger partial charge in [0, 0.05) is 44.8 Å². The average molecular weight is 601 g/mol. The quantitative estimate of drug-likeness (QED) is 0.320. The number of amides is 3. The Labute approximate surface area is 253 Å². The second-order valence-electron chi connectivity index (χ2n) is 11.8. The summed E-state index contributed by atoms with van der Waals surface area (Å²) >= 11 is 0. The molecule has 236 valence electrons. The highest BCUT2D eigenvalue weighted by Crippen LogP contribution is 2.22. The largest absolute Gasteiger partial charge is 0.389 e. The number of halogens is 2. The number of carbonyl (C=O) groups is 2. The number of hydrogen-bond donors (Lipinski definition) is 3. The molecule has 3 N–H and O–H groups in total. The van der Waals surface area contributed by atoms with Crippen molar-refractivity contribution in [2.75, 3.05) is 32.7 Å². The van der Waals surface area contributed by atoms with Crippen molar-refractivity contribution in [3.05, 3.63) is 71.3 Å². The molecule has 5 atom stereocenters. The Hall–Kier alpha value is -3.08. The molecule has 0 bridgehead atoms. The third-order valence-electron chi connectivity index (χ3n) is 8.32. The molecule has 0 aromatic heterocycles. The zero-order valence-corrected chi connectivity index (χ0v) is 25.3. The lowest BCUT2D eigenvalue weighted by Crippen LogP contribution is -2.57. The number of urea groups is 1. The van der Waals surface area contributed by atoms with Crippen molar-refractivity contribution in [2.45, 2.75) is 83.3 Å². The van der Waals surface area contributed by atoms with Gasteiger partial charge in [0.25, 0.3) is 0 Å². The number of rotatable bonds is 13. The van der Waals surface area contributed by atoms with Crippen LogP contribution in [-0.4, -0.2) is 83.9 Å². The van der Waals surface area contributed by atoms with Gasteiger partial charge in [-0.2, -0.15) is 0 Å². The molecule has 2 aromatic rings. The van der Waals surface area contributed by atoms with Crippen molar-refractivity contribution >= 4 is 11.9 Å². The zero-order chi connectivity index (χ0) is 30.8. The van der Waals surface area contributed by atoms with Crippen molar-refractivity contribution in [1.82, 2.24) is 20.4 Å². The normalized spacial score (nSPS) is 21.8. The molecule has 43 heavy (non-hydrogen) atoms. The maximum absolute atomic E-state index is 14.0. The first-order valence-electron chi connectivity index (χ1n) is 15.6. The molecule has 2 aliphatic heterocycles. The highest BCUT2D eigenvalue weighted by atomic mass is 19.1. The maximum atomic E-state index is 14.0. The number of benzene rings is 2. The van der Waals surface area contributed by atoms with E-state index in [9.17, 15) is 23.5 Å². The average Bonchev–Trinajstić information content (AvgIpc) is 3.48. The smallest absolute Gasteiger partial charge is 0.317 e. The van der Waals surface area contributed by atoms with E-state index < -0.39 is 35.9 Å². The van der Waals surface area contributed by atoms with Gasteiger partial charge in [-0.25, -0.2) is 13.6 Å². The Morgan fingerprint density at radius 3 is 2.47 bits per heavy atom. The summed E-state index contributed by atoms with van der Waals surface area (Å²) in [5.74, 6) is -1.64. The summed E-state index contributed by atoms with van der Waals surface area (Å²) < 4.78 is 34.1.